The Balaban J connectivity index is 1.13. The molecular formula is C39H56O7. The Morgan fingerprint density at radius 2 is 1.80 bits per heavy atom. The molecule has 7 heteroatoms. The van der Waals surface area contributed by atoms with Crippen LogP contribution in [0.15, 0.2) is 30.4 Å². The summed E-state index contributed by atoms with van der Waals surface area (Å²) in [4.78, 5) is 0. The number of aliphatic hydroxyl groups is 2. The van der Waals surface area contributed by atoms with Gasteiger partial charge in [-0.1, -0.05) is 39.0 Å². The quantitative estimate of drug-likeness (QED) is 0.349. The molecule has 2 spiro atoms. The fourth-order valence-electron chi connectivity index (χ4n) is 11.9. The summed E-state index contributed by atoms with van der Waals surface area (Å²) in [6.45, 7) is 9.30. The normalized spacial score (nSPS) is 45.5. The van der Waals surface area contributed by atoms with Crippen molar-refractivity contribution in [1.29, 1.82) is 0 Å². The predicted octanol–water partition coefficient (Wildman–Crippen LogP) is 6.68. The van der Waals surface area contributed by atoms with Crippen molar-refractivity contribution in [2.45, 2.75) is 127 Å². The van der Waals surface area contributed by atoms with Crippen LogP contribution in [0.25, 0.3) is 0 Å². The van der Waals surface area contributed by atoms with Crippen molar-refractivity contribution in [2.75, 3.05) is 33.5 Å². The molecule has 254 valence electrons. The molecular weight excluding hydrogens is 580 g/mol. The highest BCUT2D eigenvalue weighted by Gasteiger charge is 2.73. The van der Waals surface area contributed by atoms with E-state index in [0.29, 0.717) is 44.0 Å². The topological polar surface area (TPSA) is 86.6 Å². The van der Waals surface area contributed by atoms with Crippen molar-refractivity contribution in [3.63, 3.8) is 0 Å². The molecule has 3 unspecified atom stereocenters. The number of hydrogen-bond acceptors (Lipinski definition) is 7. The first-order chi connectivity index (χ1) is 21.9. The molecule has 2 aliphatic heterocycles. The molecule has 5 aliphatic carbocycles. The van der Waals surface area contributed by atoms with E-state index >= 15 is 0 Å². The minimum atomic E-state index is -0.891. The zero-order valence-corrected chi connectivity index (χ0v) is 28.5. The van der Waals surface area contributed by atoms with Crippen LogP contribution >= 0.6 is 0 Å². The Hall–Kier alpha value is -1.48. The highest BCUT2D eigenvalue weighted by molar-refractivity contribution is 5.45. The van der Waals surface area contributed by atoms with Gasteiger partial charge in [0, 0.05) is 35.7 Å². The molecule has 8 rings (SSSR count). The molecule has 2 heterocycles. The van der Waals surface area contributed by atoms with Crippen LogP contribution in [-0.4, -0.2) is 67.0 Å². The van der Waals surface area contributed by atoms with Crippen LogP contribution in [0, 0.1) is 34.0 Å². The maximum Gasteiger partial charge on any atom is 0.171 e. The van der Waals surface area contributed by atoms with Crippen LogP contribution < -0.4 is 4.74 Å². The second-order valence-electron chi connectivity index (χ2n) is 17.3. The molecule has 9 atom stereocenters. The van der Waals surface area contributed by atoms with Crippen LogP contribution in [0.5, 0.6) is 5.75 Å². The second-order valence-corrected chi connectivity index (χ2v) is 17.3. The lowest BCUT2D eigenvalue weighted by molar-refractivity contribution is -0.358. The van der Waals surface area contributed by atoms with Crippen molar-refractivity contribution in [2.24, 2.45) is 34.0 Å². The van der Waals surface area contributed by atoms with Gasteiger partial charge in [-0.2, -0.15) is 0 Å². The molecule has 0 bridgehead atoms. The van der Waals surface area contributed by atoms with E-state index in [1.807, 2.05) is 6.08 Å². The SMILES string of the molecule is COc1ccc2c(c1)C[C@]13CCC4(C[C@]1(O)CC[C@@H]1C3C2C[C@@]2(C)[C@H]1CC[C@@]2(O)/C=C\COC1CCCCO1)OCC(C)(C)CO4. The highest BCUT2D eigenvalue weighted by atomic mass is 16.7. The van der Waals surface area contributed by atoms with Crippen LogP contribution in [0.4, 0.5) is 0 Å². The van der Waals surface area contributed by atoms with Gasteiger partial charge >= 0.3 is 0 Å². The van der Waals surface area contributed by atoms with Crippen molar-refractivity contribution in [1.82, 2.24) is 0 Å². The molecule has 2 saturated heterocycles. The lowest BCUT2D eigenvalue weighted by Crippen LogP contribution is -2.70. The van der Waals surface area contributed by atoms with Crippen LogP contribution in [0.1, 0.15) is 108 Å². The largest absolute Gasteiger partial charge is 0.497 e. The first kappa shape index (κ1) is 31.8. The molecule has 0 radical (unpaired) electrons. The summed E-state index contributed by atoms with van der Waals surface area (Å²) < 4.78 is 30.6. The third-order valence-electron chi connectivity index (χ3n) is 14.3. The van der Waals surface area contributed by atoms with Crippen molar-refractivity contribution in [3.05, 3.63) is 41.5 Å². The summed E-state index contributed by atoms with van der Waals surface area (Å²) in [6, 6.07) is 6.63. The molecule has 46 heavy (non-hydrogen) atoms. The van der Waals surface area contributed by atoms with Gasteiger partial charge in [-0.3, -0.25) is 0 Å². The van der Waals surface area contributed by atoms with Gasteiger partial charge in [0.05, 0.1) is 38.1 Å². The number of ether oxygens (including phenoxy) is 5. The number of rotatable bonds is 5. The summed E-state index contributed by atoms with van der Waals surface area (Å²) in [5, 5.41) is 25.5. The summed E-state index contributed by atoms with van der Waals surface area (Å²) in [5.41, 5.74) is 0.417. The van der Waals surface area contributed by atoms with Crippen molar-refractivity contribution < 1.29 is 33.9 Å². The Kier molecular flexibility index (Phi) is 7.61. The number of hydrogen-bond donors (Lipinski definition) is 2. The molecule has 4 saturated carbocycles. The van der Waals surface area contributed by atoms with E-state index in [2.05, 4.69) is 45.0 Å². The molecule has 0 aromatic heterocycles. The average molecular weight is 637 g/mol. The zero-order valence-electron chi connectivity index (χ0n) is 28.5. The summed E-state index contributed by atoms with van der Waals surface area (Å²) in [6.07, 6.45) is 14.8. The molecule has 6 fully saturated rings. The van der Waals surface area contributed by atoms with E-state index in [-0.39, 0.29) is 28.5 Å². The smallest absolute Gasteiger partial charge is 0.171 e. The fraction of sp³-hybridized carbons (Fsp3) is 0.795. The number of benzene rings is 1. The summed E-state index contributed by atoms with van der Waals surface area (Å²) in [7, 11) is 1.74. The maximum atomic E-state index is 13.0. The van der Waals surface area contributed by atoms with Gasteiger partial charge in [-0.15, -0.1) is 0 Å². The third-order valence-corrected chi connectivity index (χ3v) is 14.3. The third kappa shape index (κ3) is 4.73. The molecule has 1 aromatic rings. The van der Waals surface area contributed by atoms with Crippen LogP contribution in [0.2, 0.25) is 0 Å². The first-order valence-electron chi connectivity index (χ1n) is 18.3. The van der Waals surface area contributed by atoms with E-state index in [0.717, 1.165) is 83.0 Å². The standard InChI is InChI=1S/C39H56O7/c1-34(2)24-45-39(46-25-34)17-16-36-21-26-20-27(42-4)9-10-28(26)30-22-35(3)31(29(33(30)36)11-14-38(36,41)23-39)12-15-37(35,40)13-7-19-44-32-8-5-6-18-43-32/h7,9-10,13,20,29-33,40-41H,5-6,8,11-12,14-19,21-25H2,1-4H3/b13-7-/t29-,30?,31-,32?,33?,35-,36-,37-,38+/m0/s1. The average Bonchev–Trinajstić information content (AvgIpc) is 3.31. The molecule has 7 nitrogen and oxygen atoms in total. The Morgan fingerprint density at radius 1 is 0.978 bits per heavy atom. The van der Waals surface area contributed by atoms with E-state index in [9.17, 15) is 10.2 Å². The van der Waals surface area contributed by atoms with E-state index in [4.69, 9.17) is 23.7 Å². The van der Waals surface area contributed by atoms with Gasteiger partial charge in [-0.25, -0.2) is 0 Å². The van der Waals surface area contributed by atoms with Gasteiger partial charge in [0.2, 0.25) is 0 Å². The number of fused-ring (bicyclic) bond motifs is 4. The fourth-order valence-corrected chi connectivity index (χ4v) is 11.9. The maximum absolute atomic E-state index is 13.0. The molecule has 0 amide bonds. The summed E-state index contributed by atoms with van der Waals surface area (Å²) >= 11 is 0. The molecule has 7 aliphatic rings. The molecule has 2 N–H and O–H groups in total. The second kappa shape index (κ2) is 11.0. The van der Waals surface area contributed by atoms with Gasteiger partial charge in [0.25, 0.3) is 0 Å². The highest BCUT2D eigenvalue weighted by Crippen LogP contribution is 2.75. The first-order valence-corrected chi connectivity index (χ1v) is 18.3. The molecule has 1 aromatic carbocycles. The van der Waals surface area contributed by atoms with Gasteiger partial charge in [0.1, 0.15) is 5.75 Å². The minimum Gasteiger partial charge on any atom is -0.497 e. The minimum absolute atomic E-state index is 0.0105. The summed E-state index contributed by atoms with van der Waals surface area (Å²) in [5.74, 6) is 1.67. The van der Waals surface area contributed by atoms with Gasteiger partial charge in [0.15, 0.2) is 12.1 Å². The zero-order chi connectivity index (χ0) is 32.0. The van der Waals surface area contributed by atoms with E-state index in [1.165, 1.54) is 11.1 Å². The Labute approximate surface area is 275 Å². The van der Waals surface area contributed by atoms with Crippen molar-refractivity contribution in [3.8, 4) is 5.75 Å². The van der Waals surface area contributed by atoms with E-state index in [1.54, 1.807) is 7.11 Å². The predicted molar refractivity (Wildman–Crippen MR) is 174 cm³/mol. The van der Waals surface area contributed by atoms with Gasteiger partial charge < -0.3 is 33.9 Å². The van der Waals surface area contributed by atoms with Crippen molar-refractivity contribution >= 4 is 0 Å². The lowest BCUT2D eigenvalue weighted by Gasteiger charge is -2.70. The monoisotopic (exact) mass is 636 g/mol. The Morgan fingerprint density at radius 3 is 2.57 bits per heavy atom. The van der Waals surface area contributed by atoms with E-state index < -0.39 is 17.0 Å². The van der Waals surface area contributed by atoms with Gasteiger partial charge in [-0.05, 0) is 111 Å². The number of methoxy groups -OCH3 is 1. The Bertz CT molecular complexity index is 1340. The lowest BCUT2D eigenvalue weighted by atomic mass is 9.36. The van der Waals surface area contributed by atoms with Crippen LogP contribution in [-0.2, 0) is 25.4 Å². The van der Waals surface area contributed by atoms with Crippen LogP contribution in [0.3, 0.4) is 0 Å².